The number of fused-ring (bicyclic) bond motifs is 1. The Kier molecular flexibility index (Phi) is 7.40. The van der Waals surface area contributed by atoms with Crippen molar-refractivity contribution in [3.63, 3.8) is 0 Å². The number of hydrogen-bond acceptors (Lipinski definition) is 5. The first-order valence-electron chi connectivity index (χ1n) is 10.3. The number of hydrogen-bond donors (Lipinski definition) is 1. The maximum absolute atomic E-state index is 12.9. The van der Waals surface area contributed by atoms with Crippen molar-refractivity contribution in [2.45, 2.75) is 32.4 Å². The normalized spacial score (nSPS) is 14.3. The summed E-state index contributed by atoms with van der Waals surface area (Å²) in [6.45, 7) is 3.73. The summed E-state index contributed by atoms with van der Waals surface area (Å²) in [7, 11) is 0. The summed E-state index contributed by atoms with van der Waals surface area (Å²) < 4.78 is 3.64. The van der Waals surface area contributed by atoms with E-state index in [-0.39, 0.29) is 46.2 Å². The number of nitrogens with one attached hydrogen (secondary N) is 1. The van der Waals surface area contributed by atoms with Crippen LogP contribution in [0.25, 0.3) is 11.0 Å². The van der Waals surface area contributed by atoms with Gasteiger partial charge in [-0.25, -0.2) is 0 Å². The molecule has 0 radical (unpaired) electrons. The Bertz CT molecular complexity index is 1150. The largest absolute Gasteiger partial charge is 1.00 e. The molecule has 3 aromatic rings. The number of Topliss-reactive ketones (excluding diaryl/α,β-unsaturated/α-hetero) is 1. The second-order valence-electron chi connectivity index (χ2n) is 7.68. The lowest BCUT2D eigenvalue weighted by Crippen LogP contribution is -3.00. The van der Waals surface area contributed by atoms with Crippen molar-refractivity contribution in [1.82, 2.24) is 14.0 Å². The maximum Gasteiger partial charge on any atom is 0.270 e. The third-order valence-corrected chi connectivity index (χ3v) is 5.74. The van der Waals surface area contributed by atoms with E-state index in [9.17, 15) is 14.9 Å². The number of rotatable bonds is 7. The van der Waals surface area contributed by atoms with Crippen LogP contribution in [-0.2, 0) is 13.1 Å². The van der Waals surface area contributed by atoms with Crippen molar-refractivity contribution < 1.29 is 26.7 Å². The molecule has 0 atom stereocenters. The van der Waals surface area contributed by atoms with Crippen LogP contribution in [0.4, 0.5) is 5.69 Å². The van der Waals surface area contributed by atoms with E-state index >= 15 is 0 Å². The minimum atomic E-state index is -0.508. The Hall–Kier alpha value is -2.78. The molecule has 1 fully saturated rings. The number of ketones is 1. The molecule has 9 heteroatoms. The molecule has 164 valence electrons. The van der Waals surface area contributed by atoms with Crippen molar-refractivity contribution in [2.75, 3.05) is 19.6 Å². The van der Waals surface area contributed by atoms with E-state index in [2.05, 4.69) is 4.90 Å². The lowest BCUT2D eigenvalue weighted by atomic mass is 10.1. The molecule has 0 spiro atoms. The van der Waals surface area contributed by atoms with Gasteiger partial charge in [-0.2, -0.15) is 0 Å². The molecule has 0 unspecified atom stereocenters. The molecule has 8 nitrogen and oxygen atoms in total. The number of nitrogens with zero attached hydrogens (tertiary/aromatic N) is 4. The zero-order valence-corrected chi connectivity index (χ0v) is 18.8. The quantitative estimate of drug-likeness (QED) is 0.293. The summed E-state index contributed by atoms with van der Waals surface area (Å²) in [5.74, 6) is -0.254. The monoisotopic (exact) mass is 486 g/mol. The molecule has 4 rings (SSSR count). The SMILES string of the molecule is N=c1n(CCN2CCCCC2)c2ccccc2n1CC(=O)c1cccc([N+](=O)[O-])c1.[Br-]. The van der Waals surface area contributed by atoms with Crippen molar-refractivity contribution in [1.29, 1.82) is 5.41 Å². The molecule has 2 heterocycles. The molecule has 1 aliphatic rings. The highest BCUT2D eigenvalue weighted by atomic mass is 79.9. The van der Waals surface area contributed by atoms with Gasteiger partial charge in [0, 0.05) is 30.8 Å². The third kappa shape index (κ3) is 4.94. The summed E-state index contributed by atoms with van der Waals surface area (Å²) in [6.07, 6.45) is 3.72. The lowest BCUT2D eigenvalue weighted by molar-refractivity contribution is -0.384. The molecule has 1 N–H and O–H groups in total. The highest BCUT2D eigenvalue weighted by molar-refractivity contribution is 5.97. The highest BCUT2D eigenvalue weighted by Gasteiger charge is 2.17. The van der Waals surface area contributed by atoms with Gasteiger partial charge in [0.1, 0.15) is 0 Å². The number of aromatic nitrogens is 2. The van der Waals surface area contributed by atoms with Crippen LogP contribution in [0, 0.1) is 15.5 Å². The topological polar surface area (TPSA) is 97.2 Å². The molecule has 2 aromatic carbocycles. The zero-order chi connectivity index (χ0) is 21.1. The standard InChI is InChI=1S/C22H25N5O3.BrH/c23-22-25(14-13-24-11-4-1-5-12-24)19-9-2-3-10-20(19)26(22)16-21(28)17-7-6-8-18(15-17)27(29)30;/h2-3,6-10,15,23H,1,4-5,11-14,16H2;1H/p-1. The minimum Gasteiger partial charge on any atom is -1.00 e. The zero-order valence-electron chi connectivity index (χ0n) is 17.2. The van der Waals surface area contributed by atoms with Crippen LogP contribution in [0.5, 0.6) is 0 Å². The summed E-state index contributed by atoms with van der Waals surface area (Å²) >= 11 is 0. The Labute approximate surface area is 190 Å². The smallest absolute Gasteiger partial charge is 0.270 e. The van der Waals surface area contributed by atoms with Crippen LogP contribution < -0.4 is 22.6 Å². The predicted molar refractivity (Wildman–Crippen MR) is 114 cm³/mol. The number of para-hydroxylation sites is 2. The fourth-order valence-electron chi connectivity index (χ4n) is 4.13. The van der Waals surface area contributed by atoms with Crippen molar-refractivity contribution >= 4 is 22.5 Å². The summed E-state index contributed by atoms with van der Waals surface area (Å²) in [4.78, 5) is 25.8. The number of halogens is 1. The molecule has 0 aliphatic carbocycles. The summed E-state index contributed by atoms with van der Waals surface area (Å²) in [5, 5.41) is 19.7. The van der Waals surface area contributed by atoms with Gasteiger partial charge < -0.3 is 31.0 Å². The van der Waals surface area contributed by atoms with E-state index in [1.807, 2.05) is 28.8 Å². The number of nitro groups is 1. The number of benzene rings is 2. The number of piperidine rings is 1. The van der Waals surface area contributed by atoms with E-state index in [0.717, 1.165) is 30.7 Å². The number of likely N-dealkylation sites (tertiary alicyclic amines) is 1. The minimum absolute atomic E-state index is 0. The first-order valence-corrected chi connectivity index (χ1v) is 10.3. The van der Waals surface area contributed by atoms with E-state index < -0.39 is 4.92 Å². The second kappa shape index (κ2) is 10.0. The molecule has 31 heavy (non-hydrogen) atoms. The molecule has 0 amide bonds. The molecule has 1 saturated heterocycles. The van der Waals surface area contributed by atoms with Crippen molar-refractivity contribution in [3.05, 3.63) is 69.8 Å². The molecule has 0 saturated carbocycles. The van der Waals surface area contributed by atoms with Gasteiger partial charge in [-0.15, -0.1) is 0 Å². The first-order chi connectivity index (χ1) is 14.5. The van der Waals surface area contributed by atoms with Gasteiger partial charge >= 0.3 is 0 Å². The molecule has 1 aromatic heterocycles. The van der Waals surface area contributed by atoms with E-state index in [0.29, 0.717) is 6.54 Å². The molecule has 1 aliphatic heterocycles. The van der Waals surface area contributed by atoms with Crippen LogP contribution in [0.1, 0.15) is 29.6 Å². The van der Waals surface area contributed by atoms with Crippen molar-refractivity contribution in [2.24, 2.45) is 0 Å². The number of nitro benzene ring substituents is 1. The van der Waals surface area contributed by atoms with E-state index in [1.54, 1.807) is 10.6 Å². The fourth-order valence-corrected chi connectivity index (χ4v) is 4.13. The number of non-ortho nitro benzene ring substituents is 1. The van der Waals surface area contributed by atoms with Crippen LogP contribution >= 0.6 is 0 Å². The van der Waals surface area contributed by atoms with Gasteiger partial charge in [0.25, 0.3) is 5.69 Å². The average Bonchev–Trinajstić information content (AvgIpc) is 3.04. The van der Waals surface area contributed by atoms with Crippen LogP contribution in [0.15, 0.2) is 48.5 Å². The second-order valence-corrected chi connectivity index (χ2v) is 7.68. The first kappa shape index (κ1) is 22.9. The van der Waals surface area contributed by atoms with Gasteiger partial charge in [0.05, 0.1) is 22.5 Å². The molecule has 0 bridgehead atoms. The van der Waals surface area contributed by atoms with E-state index in [4.69, 9.17) is 5.41 Å². The lowest BCUT2D eigenvalue weighted by Gasteiger charge is -2.26. The van der Waals surface area contributed by atoms with Gasteiger partial charge in [-0.05, 0) is 38.1 Å². The Morgan fingerprint density at radius 1 is 0.968 bits per heavy atom. The number of carbonyl (C=O) groups is 1. The predicted octanol–water partition coefficient (Wildman–Crippen LogP) is 0.203. The van der Waals surface area contributed by atoms with Crippen LogP contribution in [-0.4, -0.2) is 44.4 Å². The Morgan fingerprint density at radius 2 is 1.65 bits per heavy atom. The summed E-state index contributed by atoms with van der Waals surface area (Å²) in [6, 6.07) is 13.5. The maximum atomic E-state index is 12.9. The fraction of sp³-hybridized carbons (Fsp3) is 0.364. The average molecular weight is 487 g/mol. The highest BCUT2D eigenvalue weighted by Crippen LogP contribution is 2.17. The van der Waals surface area contributed by atoms with Crippen LogP contribution in [0.2, 0.25) is 0 Å². The van der Waals surface area contributed by atoms with E-state index in [1.165, 1.54) is 37.5 Å². The van der Waals surface area contributed by atoms with Gasteiger partial charge in [0.15, 0.2) is 5.78 Å². The van der Waals surface area contributed by atoms with Crippen molar-refractivity contribution in [3.8, 4) is 0 Å². The van der Waals surface area contributed by atoms with Crippen LogP contribution in [0.3, 0.4) is 0 Å². The number of carbonyl (C=O) groups excluding carboxylic acids is 1. The number of imidazole rings is 1. The Morgan fingerprint density at radius 3 is 2.32 bits per heavy atom. The summed E-state index contributed by atoms with van der Waals surface area (Å²) in [5.41, 5.74) is 2.18. The molecular formula is C22H25BrN5O3-. The van der Waals surface area contributed by atoms with Gasteiger partial charge in [-0.3, -0.25) is 20.3 Å². The third-order valence-electron chi connectivity index (χ3n) is 5.74. The van der Waals surface area contributed by atoms with Gasteiger partial charge in [0.2, 0.25) is 5.62 Å². The van der Waals surface area contributed by atoms with Gasteiger partial charge in [-0.1, -0.05) is 30.7 Å². The Balaban J connectivity index is 0.00000272. The molecular weight excluding hydrogens is 462 g/mol.